The molecule has 15 heavy (non-hydrogen) atoms. The quantitative estimate of drug-likeness (QED) is 0.842. The zero-order valence-electron chi connectivity index (χ0n) is 7.91. The first-order valence-corrected chi connectivity index (χ1v) is 5.40. The van der Waals surface area contributed by atoms with Gasteiger partial charge in [0.25, 0.3) is 0 Å². The topological polar surface area (TPSA) is 41.5 Å². The largest absolute Gasteiger partial charge is 0.388 e. The van der Waals surface area contributed by atoms with E-state index in [-0.39, 0.29) is 6.04 Å². The van der Waals surface area contributed by atoms with Gasteiger partial charge < -0.3 is 15.2 Å². The molecular formula is C10H11Cl2NO2. The molecule has 1 aromatic rings. The molecule has 0 bridgehead atoms. The van der Waals surface area contributed by atoms with E-state index < -0.39 is 6.10 Å². The lowest BCUT2D eigenvalue weighted by molar-refractivity contribution is 0.125. The summed E-state index contributed by atoms with van der Waals surface area (Å²) in [5.41, 5.74) is 0.721. The van der Waals surface area contributed by atoms with Crippen LogP contribution in [-0.4, -0.2) is 30.5 Å². The molecule has 1 heterocycles. The van der Waals surface area contributed by atoms with Crippen molar-refractivity contribution in [2.75, 3.05) is 18.5 Å². The van der Waals surface area contributed by atoms with Crippen molar-refractivity contribution in [3.8, 4) is 0 Å². The highest BCUT2D eigenvalue weighted by Crippen LogP contribution is 2.27. The molecule has 0 amide bonds. The molecular weight excluding hydrogens is 237 g/mol. The number of anilines is 1. The van der Waals surface area contributed by atoms with E-state index in [4.69, 9.17) is 27.9 Å². The summed E-state index contributed by atoms with van der Waals surface area (Å²) in [4.78, 5) is 0. The van der Waals surface area contributed by atoms with E-state index in [1.54, 1.807) is 18.2 Å². The van der Waals surface area contributed by atoms with Crippen molar-refractivity contribution in [2.45, 2.75) is 12.1 Å². The van der Waals surface area contributed by atoms with Gasteiger partial charge >= 0.3 is 0 Å². The van der Waals surface area contributed by atoms with Crippen LogP contribution < -0.4 is 5.32 Å². The number of halogens is 2. The number of nitrogens with one attached hydrogen (secondary N) is 1. The van der Waals surface area contributed by atoms with Crippen molar-refractivity contribution in [1.29, 1.82) is 0 Å². The maximum absolute atomic E-state index is 9.55. The maximum atomic E-state index is 9.55. The van der Waals surface area contributed by atoms with Gasteiger partial charge in [-0.2, -0.15) is 0 Å². The molecule has 0 radical (unpaired) electrons. The van der Waals surface area contributed by atoms with Gasteiger partial charge in [-0.15, -0.1) is 0 Å². The van der Waals surface area contributed by atoms with Crippen molar-refractivity contribution in [3.63, 3.8) is 0 Å². The molecule has 1 aliphatic heterocycles. The van der Waals surface area contributed by atoms with E-state index in [9.17, 15) is 5.11 Å². The van der Waals surface area contributed by atoms with Gasteiger partial charge in [-0.05, 0) is 18.2 Å². The van der Waals surface area contributed by atoms with Gasteiger partial charge in [0.2, 0.25) is 0 Å². The van der Waals surface area contributed by atoms with E-state index in [0.717, 1.165) is 5.69 Å². The van der Waals surface area contributed by atoms with Crippen molar-refractivity contribution < 1.29 is 9.84 Å². The van der Waals surface area contributed by atoms with Crippen LogP contribution in [0, 0.1) is 0 Å². The maximum Gasteiger partial charge on any atom is 0.0996 e. The van der Waals surface area contributed by atoms with E-state index in [1.165, 1.54) is 0 Å². The summed E-state index contributed by atoms with van der Waals surface area (Å²) >= 11 is 11.8. The van der Waals surface area contributed by atoms with Crippen molar-refractivity contribution >= 4 is 28.9 Å². The summed E-state index contributed by atoms with van der Waals surface area (Å²) < 4.78 is 5.12. The lowest BCUT2D eigenvalue weighted by atomic mass is 10.2. The minimum Gasteiger partial charge on any atom is -0.388 e. The highest BCUT2D eigenvalue weighted by atomic mass is 35.5. The van der Waals surface area contributed by atoms with E-state index >= 15 is 0 Å². The Morgan fingerprint density at radius 3 is 2.80 bits per heavy atom. The first-order valence-electron chi connectivity index (χ1n) is 4.64. The third-order valence-electron chi connectivity index (χ3n) is 2.32. The second kappa shape index (κ2) is 4.58. The van der Waals surface area contributed by atoms with Gasteiger partial charge in [-0.3, -0.25) is 0 Å². The Morgan fingerprint density at radius 2 is 2.13 bits per heavy atom. The SMILES string of the molecule is O[C@H]1COC[C@@H]1Nc1cc(Cl)ccc1Cl. The zero-order chi connectivity index (χ0) is 10.8. The summed E-state index contributed by atoms with van der Waals surface area (Å²) in [6, 6.07) is 5.04. The Balaban J connectivity index is 2.12. The molecule has 0 spiro atoms. The molecule has 2 N–H and O–H groups in total. The van der Waals surface area contributed by atoms with Gasteiger partial charge in [-0.25, -0.2) is 0 Å². The van der Waals surface area contributed by atoms with Crippen LogP contribution in [0.25, 0.3) is 0 Å². The summed E-state index contributed by atoms with van der Waals surface area (Å²) in [6.45, 7) is 0.833. The number of hydrogen-bond acceptors (Lipinski definition) is 3. The highest BCUT2D eigenvalue weighted by molar-refractivity contribution is 6.35. The van der Waals surface area contributed by atoms with Crippen LogP contribution in [0.5, 0.6) is 0 Å². The molecule has 2 atom stereocenters. The van der Waals surface area contributed by atoms with Crippen LogP contribution in [0.2, 0.25) is 10.0 Å². The Hall–Kier alpha value is -0.480. The number of rotatable bonds is 2. The number of ether oxygens (including phenoxy) is 1. The number of aliphatic hydroxyl groups excluding tert-OH is 1. The smallest absolute Gasteiger partial charge is 0.0996 e. The Bertz CT molecular complexity index is 359. The van der Waals surface area contributed by atoms with E-state index in [1.807, 2.05) is 0 Å². The fourth-order valence-electron chi connectivity index (χ4n) is 1.49. The summed E-state index contributed by atoms with van der Waals surface area (Å²) in [5, 5.41) is 13.8. The first kappa shape index (κ1) is 11.0. The number of benzene rings is 1. The summed E-state index contributed by atoms with van der Waals surface area (Å²) in [5.74, 6) is 0. The highest BCUT2D eigenvalue weighted by Gasteiger charge is 2.26. The predicted octanol–water partition coefficient (Wildman–Crippen LogP) is 2.17. The monoisotopic (exact) mass is 247 g/mol. The van der Waals surface area contributed by atoms with Crippen LogP contribution in [0.1, 0.15) is 0 Å². The lowest BCUT2D eigenvalue weighted by Gasteiger charge is -2.17. The molecule has 0 saturated carbocycles. The average Bonchev–Trinajstić information content (AvgIpc) is 2.58. The van der Waals surface area contributed by atoms with Gasteiger partial charge in [0, 0.05) is 5.02 Å². The normalized spacial score (nSPS) is 25.5. The Morgan fingerprint density at radius 1 is 1.33 bits per heavy atom. The van der Waals surface area contributed by atoms with Crippen LogP contribution in [-0.2, 0) is 4.74 Å². The fourth-order valence-corrected chi connectivity index (χ4v) is 1.83. The van der Waals surface area contributed by atoms with Crippen molar-refractivity contribution in [2.24, 2.45) is 0 Å². The molecule has 5 heteroatoms. The molecule has 1 aromatic carbocycles. The molecule has 2 rings (SSSR count). The Kier molecular flexibility index (Phi) is 3.36. The summed E-state index contributed by atoms with van der Waals surface area (Å²) in [7, 11) is 0. The van der Waals surface area contributed by atoms with Gasteiger partial charge in [0.1, 0.15) is 0 Å². The minimum atomic E-state index is -0.500. The number of hydrogen-bond donors (Lipinski definition) is 2. The van der Waals surface area contributed by atoms with Gasteiger partial charge in [0.05, 0.1) is 36.1 Å². The summed E-state index contributed by atoms with van der Waals surface area (Å²) in [6.07, 6.45) is -0.500. The van der Waals surface area contributed by atoms with Crippen molar-refractivity contribution in [1.82, 2.24) is 0 Å². The molecule has 82 valence electrons. The second-order valence-corrected chi connectivity index (χ2v) is 4.32. The third-order valence-corrected chi connectivity index (χ3v) is 2.88. The number of aliphatic hydroxyl groups is 1. The van der Waals surface area contributed by atoms with Gasteiger partial charge in [0.15, 0.2) is 0 Å². The Labute approximate surface area is 97.9 Å². The molecule has 3 nitrogen and oxygen atoms in total. The minimum absolute atomic E-state index is 0.124. The zero-order valence-corrected chi connectivity index (χ0v) is 9.42. The lowest BCUT2D eigenvalue weighted by Crippen LogP contribution is -2.31. The van der Waals surface area contributed by atoms with E-state index in [2.05, 4.69) is 5.32 Å². The van der Waals surface area contributed by atoms with E-state index in [0.29, 0.717) is 23.3 Å². The van der Waals surface area contributed by atoms with Crippen LogP contribution >= 0.6 is 23.2 Å². The second-order valence-electron chi connectivity index (χ2n) is 3.48. The molecule has 0 unspecified atom stereocenters. The molecule has 1 aliphatic rings. The predicted molar refractivity (Wildman–Crippen MR) is 60.7 cm³/mol. The van der Waals surface area contributed by atoms with Crippen LogP contribution in [0.15, 0.2) is 18.2 Å². The van der Waals surface area contributed by atoms with Gasteiger partial charge in [-0.1, -0.05) is 23.2 Å². The fraction of sp³-hybridized carbons (Fsp3) is 0.400. The molecule has 1 saturated heterocycles. The molecule has 1 fully saturated rings. The average molecular weight is 248 g/mol. The van der Waals surface area contributed by atoms with Crippen LogP contribution in [0.3, 0.4) is 0 Å². The van der Waals surface area contributed by atoms with Crippen molar-refractivity contribution in [3.05, 3.63) is 28.2 Å². The molecule has 0 aromatic heterocycles. The first-order chi connectivity index (χ1) is 7.16. The third kappa shape index (κ3) is 2.55. The molecule has 0 aliphatic carbocycles. The van der Waals surface area contributed by atoms with Crippen LogP contribution in [0.4, 0.5) is 5.69 Å². The standard InChI is InChI=1S/C10H11Cl2NO2/c11-6-1-2-7(12)8(3-6)13-9-4-15-5-10(9)14/h1-3,9-10,13-14H,4-5H2/t9-,10-/m0/s1.